The quantitative estimate of drug-likeness (QED) is 0.744. The molecule has 0 saturated carbocycles. The number of hydrogen-bond donors (Lipinski definition) is 1. The molecule has 28 heavy (non-hydrogen) atoms. The molecule has 6 nitrogen and oxygen atoms in total. The molecule has 142 valence electrons. The highest BCUT2D eigenvalue weighted by Crippen LogP contribution is 2.22. The van der Waals surface area contributed by atoms with Crippen molar-refractivity contribution >= 4 is 17.5 Å². The number of rotatable bonds is 4. The number of nitrogens with zero attached hydrogens (tertiary/aromatic N) is 4. The zero-order valence-electron chi connectivity index (χ0n) is 16.1. The molecule has 4 rings (SSSR count). The lowest BCUT2D eigenvalue weighted by Gasteiger charge is -2.17. The van der Waals surface area contributed by atoms with Gasteiger partial charge < -0.3 is 10.2 Å². The number of amides is 1. The van der Waals surface area contributed by atoms with Crippen molar-refractivity contribution in [2.45, 2.75) is 26.7 Å². The van der Waals surface area contributed by atoms with E-state index in [1.807, 2.05) is 17.9 Å². The van der Waals surface area contributed by atoms with E-state index in [-0.39, 0.29) is 5.91 Å². The van der Waals surface area contributed by atoms with Crippen LogP contribution in [0, 0.1) is 13.8 Å². The summed E-state index contributed by atoms with van der Waals surface area (Å²) in [6, 6.07) is 10.1. The summed E-state index contributed by atoms with van der Waals surface area (Å²) in [5.74, 6) is 0.517. The van der Waals surface area contributed by atoms with Crippen LogP contribution in [-0.2, 0) is 0 Å². The van der Waals surface area contributed by atoms with E-state index in [2.05, 4.69) is 51.5 Å². The van der Waals surface area contributed by atoms with Gasteiger partial charge in [-0.3, -0.25) is 9.78 Å². The summed E-state index contributed by atoms with van der Waals surface area (Å²) < 4.78 is 0. The lowest BCUT2D eigenvalue weighted by molar-refractivity contribution is 0.0791. The number of aromatic nitrogens is 3. The summed E-state index contributed by atoms with van der Waals surface area (Å²) in [4.78, 5) is 27.8. The smallest absolute Gasteiger partial charge is 0.255 e. The van der Waals surface area contributed by atoms with Crippen molar-refractivity contribution < 1.29 is 4.79 Å². The first-order valence-corrected chi connectivity index (χ1v) is 9.52. The van der Waals surface area contributed by atoms with Gasteiger partial charge in [-0.05, 0) is 38.3 Å². The van der Waals surface area contributed by atoms with E-state index in [0.717, 1.165) is 42.8 Å². The molecule has 0 aliphatic carbocycles. The molecule has 0 bridgehead atoms. The summed E-state index contributed by atoms with van der Waals surface area (Å²) in [6.07, 6.45) is 7.41. The molecule has 1 fully saturated rings. The minimum Gasteiger partial charge on any atom is -0.339 e. The number of nitrogens with one attached hydrogen (secondary N) is 1. The Hall–Kier alpha value is -3.28. The lowest BCUT2D eigenvalue weighted by atomic mass is 10.1. The first-order valence-electron chi connectivity index (χ1n) is 9.52. The van der Waals surface area contributed by atoms with Crippen LogP contribution in [0.3, 0.4) is 0 Å². The van der Waals surface area contributed by atoms with Crippen LogP contribution in [0.5, 0.6) is 0 Å². The average molecular weight is 373 g/mol. The van der Waals surface area contributed by atoms with E-state index in [0.29, 0.717) is 17.2 Å². The molecule has 1 amide bonds. The van der Waals surface area contributed by atoms with Gasteiger partial charge in [-0.1, -0.05) is 29.8 Å². The van der Waals surface area contributed by atoms with Crippen molar-refractivity contribution in [1.82, 2.24) is 19.9 Å². The van der Waals surface area contributed by atoms with Gasteiger partial charge in [-0.25, -0.2) is 9.97 Å². The van der Waals surface area contributed by atoms with Gasteiger partial charge in [-0.15, -0.1) is 0 Å². The van der Waals surface area contributed by atoms with Crippen molar-refractivity contribution in [3.05, 3.63) is 65.7 Å². The number of hydrogen-bond acceptors (Lipinski definition) is 5. The van der Waals surface area contributed by atoms with Gasteiger partial charge in [0.15, 0.2) is 0 Å². The Kier molecular flexibility index (Phi) is 5.02. The highest BCUT2D eigenvalue weighted by molar-refractivity contribution is 5.96. The van der Waals surface area contributed by atoms with Crippen LogP contribution in [0.4, 0.5) is 11.6 Å². The monoisotopic (exact) mass is 373 g/mol. The van der Waals surface area contributed by atoms with Crippen LogP contribution in [0.2, 0.25) is 0 Å². The summed E-state index contributed by atoms with van der Waals surface area (Å²) in [5, 5.41) is 3.15. The Morgan fingerprint density at radius 1 is 0.929 bits per heavy atom. The van der Waals surface area contributed by atoms with Gasteiger partial charge in [0.1, 0.15) is 0 Å². The molecule has 1 aliphatic heterocycles. The van der Waals surface area contributed by atoms with E-state index in [1.165, 1.54) is 5.56 Å². The van der Waals surface area contributed by atoms with Crippen molar-refractivity contribution in [2.24, 2.45) is 0 Å². The van der Waals surface area contributed by atoms with E-state index >= 15 is 0 Å². The van der Waals surface area contributed by atoms with Crippen LogP contribution in [0.1, 0.15) is 34.5 Å². The predicted octanol–water partition coefficient (Wildman–Crippen LogP) is 4.14. The Balaban J connectivity index is 1.51. The van der Waals surface area contributed by atoms with Crippen molar-refractivity contribution in [3.63, 3.8) is 0 Å². The maximum absolute atomic E-state index is 12.7. The van der Waals surface area contributed by atoms with Crippen LogP contribution in [0.15, 0.2) is 48.9 Å². The molecular weight excluding hydrogens is 350 g/mol. The minimum atomic E-state index is 0.0433. The normalized spacial score (nSPS) is 13.6. The molecule has 3 aromatic rings. The molecule has 0 unspecified atom stereocenters. The van der Waals surface area contributed by atoms with E-state index in [9.17, 15) is 4.79 Å². The number of anilines is 2. The zero-order chi connectivity index (χ0) is 19.5. The summed E-state index contributed by atoms with van der Waals surface area (Å²) in [7, 11) is 0. The molecule has 3 heterocycles. The fourth-order valence-corrected chi connectivity index (χ4v) is 3.33. The van der Waals surface area contributed by atoms with E-state index < -0.39 is 0 Å². The van der Waals surface area contributed by atoms with Gasteiger partial charge in [0.2, 0.25) is 5.95 Å². The first-order chi connectivity index (χ1) is 13.6. The highest BCUT2D eigenvalue weighted by atomic mass is 16.2. The Labute approximate surface area is 164 Å². The van der Waals surface area contributed by atoms with Crippen LogP contribution in [0.25, 0.3) is 11.1 Å². The standard InChI is InChI=1S/C22H23N5O/c1-15-5-7-17(8-6-15)18-12-24-22(25-13-18)26-19-11-20(16(2)23-14-19)21(28)27-9-3-4-10-27/h5-8,11-14H,3-4,9-10H2,1-2H3,(H,24,25,26). The largest absolute Gasteiger partial charge is 0.339 e. The third kappa shape index (κ3) is 3.86. The summed E-state index contributed by atoms with van der Waals surface area (Å²) in [6.45, 7) is 5.56. The Morgan fingerprint density at radius 3 is 2.29 bits per heavy atom. The average Bonchev–Trinajstić information content (AvgIpc) is 3.25. The third-order valence-electron chi connectivity index (χ3n) is 5.00. The Bertz CT molecular complexity index is 977. The molecule has 0 atom stereocenters. The van der Waals surface area contributed by atoms with Crippen molar-refractivity contribution in [1.29, 1.82) is 0 Å². The van der Waals surface area contributed by atoms with Crippen LogP contribution >= 0.6 is 0 Å². The zero-order valence-corrected chi connectivity index (χ0v) is 16.1. The second-order valence-electron chi connectivity index (χ2n) is 7.14. The van der Waals surface area contributed by atoms with Gasteiger partial charge in [0, 0.05) is 31.0 Å². The summed E-state index contributed by atoms with van der Waals surface area (Å²) in [5.41, 5.74) is 5.32. The fraction of sp³-hybridized carbons (Fsp3) is 0.273. The molecule has 0 radical (unpaired) electrons. The molecule has 1 N–H and O–H groups in total. The molecule has 2 aromatic heterocycles. The number of carbonyl (C=O) groups is 1. The van der Waals surface area contributed by atoms with Crippen LogP contribution < -0.4 is 5.32 Å². The molecular formula is C22H23N5O. The maximum Gasteiger partial charge on any atom is 0.255 e. The van der Waals surface area contributed by atoms with E-state index in [4.69, 9.17) is 0 Å². The van der Waals surface area contributed by atoms with Crippen LogP contribution in [-0.4, -0.2) is 38.8 Å². The van der Waals surface area contributed by atoms with Gasteiger partial charge >= 0.3 is 0 Å². The number of likely N-dealkylation sites (tertiary alicyclic amines) is 1. The minimum absolute atomic E-state index is 0.0433. The SMILES string of the molecule is Cc1ccc(-c2cnc(Nc3cnc(C)c(C(=O)N4CCCC4)c3)nc2)cc1. The topological polar surface area (TPSA) is 71.0 Å². The van der Waals surface area contributed by atoms with Gasteiger partial charge in [0.25, 0.3) is 5.91 Å². The Morgan fingerprint density at radius 2 is 1.61 bits per heavy atom. The molecule has 1 aliphatic rings. The molecule has 1 saturated heterocycles. The number of benzene rings is 1. The first kappa shape index (κ1) is 18.1. The van der Waals surface area contributed by atoms with Crippen molar-refractivity contribution in [2.75, 3.05) is 18.4 Å². The lowest BCUT2D eigenvalue weighted by Crippen LogP contribution is -2.28. The number of carbonyl (C=O) groups excluding carboxylic acids is 1. The molecule has 0 spiro atoms. The number of pyridine rings is 1. The van der Waals surface area contributed by atoms with Crippen molar-refractivity contribution in [3.8, 4) is 11.1 Å². The number of aryl methyl sites for hydroxylation is 2. The van der Waals surface area contributed by atoms with Gasteiger partial charge in [0.05, 0.1) is 23.1 Å². The fourth-order valence-electron chi connectivity index (χ4n) is 3.33. The maximum atomic E-state index is 12.7. The second kappa shape index (κ2) is 7.76. The summed E-state index contributed by atoms with van der Waals surface area (Å²) >= 11 is 0. The molecule has 1 aromatic carbocycles. The van der Waals surface area contributed by atoms with Gasteiger partial charge in [-0.2, -0.15) is 0 Å². The highest BCUT2D eigenvalue weighted by Gasteiger charge is 2.21. The predicted molar refractivity (Wildman–Crippen MR) is 110 cm³/mol. The third-order valence-corrected chi connectivity index (χ3v) is 5.00. The second-order valence-corrected chi connectivity index (χ2v) is 7.14. The molecule has 6 heteroatoms. The van der Waals surface area contributed by atoms with E-state index in [1.54, 1.807) is 18.6 Å².